The maximum absolute atomic E-state index is 6.71. The van der Waals surface area contributed by atoms with Crippen LogP contribution in [0.4, 0.5) is 0 Å². The molecule has 0 bridgehead atoms. The van der Waals surface area contributed by atoms with Crippen LogP contribution in [0.15, 0.2) is 126 Å². The van der Waals surface area contributed by atoms with Gasteiger partial charge in [0.25, 0.3) is 0 Å². The number of benzene rings is 5. The number of hydrogen-bond acceptors (Lipinski definition) is 6. The van der Waals surface area contributed by atoms with Crippen LogP contribution in [0.3, 0.4) is 0 Å². The van der Waals surface area contributed by atoms with Gasteiger partial charge in [-0.1, -0.05) is 103 Å². The number of hydrogen-bond donors (Lipinski definition) is 0. The molecule has 8 rings (SSSR count). The minimum atomic E-state index is -0.578. The van der Waals surface area contributed by atoms with E-state index in [0.29, 0.717) is 23.1 Å². The van der Waals surface area contributed by atoms with E-state index in [1.54, 1.807) is 0 Å². The van der Waals surface area contributed by atoms with Gasteiger partial charge in [0.15, 0.2) is 17.5 Å². The Bertz CT molecular complexity index is 2140. The lowest BCUT2D eigenvalue weighted by atomic mass is 9.77. The van der Waals surface area contributed by atoms with E-state index in [0.717, 1.165) is 49.6 Å². The highest BCUT2D eigenvalue weighted by atomic mass is 16.7. The smallest absolute Gasteiger partial charge is 0.455 e. The first-order valence-electron chi connectivity index (χ1n) is 15.5. The first kappa shape index (κ1) is 28.4. The summed E-state index contributed by atoms with van der Waals surface area (Å²) in [5.41, 5.74) is 6.12. The molecule has 0 aliphatic carbocycles. The number of furan rings is 1. The molecule has 224 valence electrons. The zero-order chi connectivity index (χ0) is 31.5. The predicted octanol–water partition coefficient (Wildman–Crippen LogP) is 8.74. The van der Waals surface area contributed by atoms with Crippen molar-refractivity contribution in [1.29, 1.82) is 0 Å². The average molecular weight is 602 g/mol. The Morgan fingerprint density at radius 2 is 1.02 bits per heavy atom. The second-order valence-electron chi connectivity index (χ2n) is 12.8. The normalized spacial score (nSPS) is 15.5. The molecule has 1 aliphatic heterocycles. The molecule has 0 atom stereocenters. The third kappa shape index (κ3) is 4.89. The van der Waals surface area contributed by atoms with Crippen LogP contribution < -0.4 is 5.46 Å². The van der Waals surface area contributed by atoms with E-state index in [2.05, 4.69) is 64.1 Å². The van der Waals surface area contributed by atoms with Crippen LogP contribution in [-0.4, -0.2) is 33.3 Å². The van der Waals surface area contributed by atoms with E-state index in [1.807, 2.05) is 84.9 Å². The molecule has 0 saturated carbocycles. The molecule has 7 aromatic rings. The second-order valence-corrected chi connectivity index (χ2v) is 12.8. The van der Waals surface area contributed by atoms with Crippen molar-refractivity contribution in [1.82, 2.24) is 15.0 Å². The van der Waals surface area contributed by atoms with Gasteiger partial charge in [0, 0.05) is 21.9 Å². The Balaban J connectivity index is 1.39. The second kappa shape index (κ2) is 10.8. The summed E-state index contributed by atoms with van der Waals surface area (Å²) in [5, 5.41) is 1.94. The molecule has 7 heteroatoms. The maximum atomic E-state index is 6.71. The van der Waals surface area contributed by atoms with Gasteiger partial charge in [-0.25, -0.2) is 15.0 Å². The average Bonchev–Trinajstić information content (AvgIpc) is 3.56. The zero-order valence-corrected chi connectivity index (χ0v) is 26.2. The van der Waals surface area contributed by atoms with Crippen molar-refractivity contribution in [2.24, 2.45) is 0 Å². The molecule has 5 aromatic carbocycles. The van der Waals surface area contributed by atoms with Crippen LogP contribution in [0.2, 0.25) is 0 Å². The summed E-state index contributed by atoms with van der Waals surface area (Å²) in [5.74, 6) is 1.68. The van der Waals surface area contributed by atoms with E-state index < -0.39 is 18.3 Å². The third-order valence-electron chi connectivity index (χ3n) is 9.17. The molecule has 0 amide bonds. The van der Waals surface area contributed by atoms with E-state index in [9.17, 15) is 0 Å². The molecular weight excluding hydrogens is 569 g/mol. The van der Waals surface area contributed by atoms with Crippen LogP contribution in [0.25, 0.3) is 67.2 Å². The lowest BCUT2D eigenvalue weighted by Crippen LogP contribution is -2.41. The van der Waals surface area contributed by atoms with Crippen LogP contribution in [0, 0.1) is 0 Å². The summed E-state index contributed by atoms with van der Waals surface area (Å²) in [4.78, 5) is 15.0. The minimum absolute atomic E-state index is 0.496. The Labute approximate surface area is 268 Å². The SMILES string of the molecule is CC1(C)OB(c2cc(-c3nc(-c4ccccc4)nc(-c4ccccc4)n3)c3oc4cc(-c5ccccc5)ccc4c3c2)OC1(C)C. The summed E-state index contributed by atoms with van der Waals surface area (Å²) in [7, 11) is -0.578. The van der Waals surface area contributed by atoms with Crippen LogP contribution in [0.1, 0.15) is 27.7 Å². The largest absolute Gasteiger partial charge is 0.494 e. The first-order chi connectivity index (χ1) is 22.3. The van der Waals surface area contributed by atoms with Crippen LogP contribution in [0.5, 0.6) is 0 Å². The minimum Gasteiger partial charge on any atom is -0.455 e. The molecule has 3 heterocycles. The number of fused-ring (bicyclic) bond motifs is 3. The number of rotatable bonds is 5. The van der Waals surface area contributed by atoms with Crippen molar-refractivity contribution in [2.75, 3.05) is 0 Å². The molecular formula is C39H32BN3O3. The van der Waals surface area contributed by atoms with E-state index in [1.165, 1.54) is 0 Å². The molecule has 0 radical (unpaired) electrons. The topological polar surface area (TPSA) is 70.3 Å². The van der Waals surface area contributed by atoms with Crippen LogP contribution >= 0.6 is 0 Å². The van der Waals surface area contributed by atoms with Crippen molar-refractivity contribution in [3.8, 4) is 45.3 Å². The van der Waals surface area contributed by atoms with Gasteiger partial charge in [-0.3, -0.25) is 0 Å². The molecule has 0 spiro atoms. The highest BCUT2D eigenvalue weighted by Crippen LogP contribution is 2.40. The van der Waals surface area contributed by atoms with Crippen molar-refractivity contribution >= 4 is 34.5 Å². The summed E-state index contributed by atoms with van der Waals surface area (Å²) >= 11 is 0. The number of nitrogens with zero attached hydrogens (tertiary/aromatic N) is 3. The molecule has 0 unspecified atom stereocenters. The summed E-state index contributed by atoms with van der Waals surface area (Å²) < 4.78 is 19.8. The third-order valence-corrected chi connectivity index (χ3v) is 9.17. The lowest BCUT2D eigenvalue weighted by molar-refractivity contribution is 0.00578. The Hall–Kier alpha value is -5.11. The number of aromatic nitrogens is 3. The lowest BCUT2D eigenvalue weighted by Gasteiger charge is -2.32. The van der Waals surface area contributed by atoms with E-state index in [-0.39, 0.29) is 0 Å². The van der Waals surface area contributed by atoms with Crippen molar-refractivity contribution in [2.45, 2.75) is 38.9 Å². The molecule has 6 nitrogen and oxygen atoms in total. The first-order valence-corrected chi connectivity index (χ1v) is 15.5. The van der Waals surface area contributed by atoms with Gasteiger partial charge in [-0.15, -0.1) is 0 Å². The Morgan fingerprint density at radius 1 is 0.500 bits per heavy atom. The molecule has 2 aromatic heterocycles. The van der Waals surface area contributed by atoms with Gasteiger partial charge < -0.3 is 13.7 Å². The van der Waals surface area contributed by atoms with Gasteiger partial charge in [0.1, 0.15) is 11.2 Å². The molecule has 1 aliphatic rings. The van der Waals surface area contributed by atoms with E-state index in [4.69, 9.17) is 28.7 Å². The zero-order valence-electron chi connectivity index (χ0n) is 26.2. The fourth-order valence-corrected chi connectivity index (χ4v) is 5.92. The highest BCUT2D eigenvalue weighted by molar-refractivity contribution is 6.62. The quantitative estimate of drug-likeness (QED) is 0.184. The van der Waals surface area contributed by atoms with Crippen LogP contribution in [-0.2, 0) is 9.31 Å². The molecule has 46 heavy (non-hydrogen) atoms. The van der Waals surface area contributed by atoms with Gasteiger partial charge in [0.2, 0.25) is 0 Å². The Kier molecular flexibility index (Phi) is 6.64. The van der Waals surface area contributed by atoms with Crippen molar-refractivity contribution in [3.05, 3.63) is 121 Å². The summed E-state index contributed by atoms with van der Waals surface area (Å²) in [6.45, 7) is 8.26. The van der Waals surface area contributed by atoms with Gasteiger partial charge in [0.05, 0.1) is 16.8 Å². The van der Waals surface area contributed by atoms with Gasteiger partial charge in [-0.05, 0) is 62.5 Å². The standard InChI is InChI=1S/C39H32BN3O3/c1-38(2)39(3,4)46-40(45-38)29-23-31-30-21-20-28(25-14-8-5-9-15-25)22-33(30)44-34(31)32(24-29)37-42-35(26-16-10-6-11-17-26)41-36(43-37)27-18-12-7-13-19-27/h5-24H,1-4H3. The maximum Gasteiger partial charge on any atom is 0.494 e. The van der Waals surface area contributed by atoms with Crippen molar-refractivity contribution < 1.29 is 13.7 Å². The molecule has 1 saturated heterocycles. The highest BCUT2D eigenvalue weighted by Gasteiger charge is 2.52. The van der Waals surface area contributed by atoms with E-state index >= 15 is 0 Å². The van der Waals surface area contributed by atoms with Crippen molar-refractivity contribution in [3.63, 3.8) is 0 Å². The Morgan fingerprint density at radius 3 is 1.59 bits per heavy atom. The molecule has 0 N–H and O–H groups in total. The molecule has 1 fully saturated rings. The van der Waals surface area contributed by atoms with Gasteiger partial charge >= 0.3 is 7.12 Å². The predicted molar refractivity (Wildman–Crippen MR) is 185 cm³/mol. The summed E-state index contributed by atoms with van der Waals surface area (Å²) in [6.07, 6.45) is 0. The fourth-order valence-electron chi connectivity index (χ4n) is 5.92. The summed E-state index contributed by atoms with van der Waals surface area (Å²) in [6, 6.07) is 40.8. The van der Waals surface area contributed by atoms with Gasteiger partial charge in [-0.2, -0.15) is 0 Å². The monoisotopic (exact) mass is 601 g/mol. The fraction of sp³-hybridized carbons (Fsp3) is 0.154.